The topological polar surface area (TPSA) is 98.8 Å². The summed E-state index contributed by atoms with van der Waals surface area (Å²) >= 11 is 6.03. The molecule has 0 saturated carbocycles. The number of rotatable bonds is 5. The fraction of sp³-hybridized carbons (Fsp3) is 0.235. The Kier molecular flexibility index (Phi) is 5.36. The molecule has 0 atom stereocenters. The molecule has 3 rings (SSSR count). The van der Waals surface area contributed by atoms with E-state index in [0.717, 1.165) is 6.07 Å². The zero-order chi connectivity index (χ0) is 18.7. The number of morpholine rings is 1. The van der Waals surface area contributed by atoms with Crippen molar-refractivity contribution in [1.29, 1.82) is 0 Å². The summed E-state index contributed by atoms with van der Waals surface area (Å²) in [5.41, 5.74) is 0.781. The number of aromatic carboxylic acids is 1. The van der Waals surface area contributed by atoms with E-state index in [4.69, 9.17) is 16.3 Å². The summed E-state index contributed by atoms with van der Waals surface area (Å²) in [5.74, 6) is -1.45. The third-order valence-corrected chi connectivity index (χ3v) is 5.53. The molecule has 0 amide bonds. The number of hydrogen-bond donors (Lipinski definition) is 1. The maximum atomic E-state index is 12.7. The molecule has 1 aliphatic heterocycles. The first-order chi connectivity index (χ1) is 12.4. The molecule has 2 aromatic carbocycles. The second kappa shape index (κ2) is 7.53. The number of anilines is 2. The zero-order valence-corrected chi connectivity index (χ0v) is 15.2. The van der Waals surface area contributed by atoms with Crippen LogP contribution >= 0.6 is 11.6 Å². The molecule has 0 bridgehead atoms. The summed E-state index contributed by atoms with van der Waals surface area (Å²) in [5, 5.41) is 11.4. The van der Waals surface area contributed by atoms with Crippen molar-refractivity contribution in [2.75, 3.05) is 35.9 Å². The highest BCUT2D eigenvalue weighted by atomic mass is 35.5. The van der Waals surface area contributed by atoms with Crippen LogP contribution in [-0.2, 0) is 14.8 Å². The maximum Gasteiger partial charge on any atom is 0.261 e. The van der Waals surface area contributed by atoms with Crippen molar-refractivity contribution >= 4 is 39.0 Å². The average molecular weight is 396 g/mol. The molecule has 0 unspecified atom stereocenters. The summed E-state index contributed by atoms with van der Waals surface area (Å²) in [4.78, 5) is 12.8. The predicted octanol–water partition coefficient (Wildman–Crippen LogP) is 1.34. The van der Waals surface area contributed by atoms with Crippen LogP contribution in [0.4, 0.5) is 11.4 Å². The Morgan fingerprint density at radius 3 is 2.58 bits per heavy atom. The molecule has 0 spiro atoms. The lowest BCUT2D eigenvalue weighted by Gasteiger charge is -2.30. The molecule has 1 aliphatic rings. The number of carboxylic acids is 1. The van der Waals surface area contributed by atoms with E-state index in [2.05, 4.69) is 4.72 Å². The number of sulfonamides is 1. The van der Waals surface area contributed by atoms with Crippen LogP contribution in [0.15, 0.2) is 47.4 Å². The quantitative estimate of drug-likeness (QED) is 0.820. The van der Waals surface area contributed by atoms with Crippen molar-refractivity contribution < 1.29 is 23.1 Å². The van der Waals surface area contributed by atoms with Crippen LogP contribution in [-0.4, -0.2) is 40.7 Å². The molecule has 0 aliphatic carbocycles. The molecule has 1 N–H and O–H groups in total. The van der Waals surface area contributed by atoms with E-state index in [0.29, 0.717) is 42.7 Å². The van der Waals surface area contributed by atoms with Gasteiger partial charge in [-0.05, 0) is 35.9 Å². The summed E-state index contributed by atoms with van der Waals surface area (Å²) in [6, 6.07) is 9.92. The molecular formula is C17H16ClN2O5S-. The molecule has 26 heavy (non-hydrogen) atoms. The number of carboxylic acid groups (broad SMARTS) is 1. The van der Waals surface area contributed by atoms with Gasteiger partial charge in [0.05, 0.1) is 35.5 Å². The first-order valence-electron chi connectivity index (χ1n) is 7.83. The molecule has 2 aromatic rings. The summed E-state index contributed by atoms with van der Waals surface area (Å²) < 4.78 is 33.2. The predicted molar refractivity (Wildman–Crippen MR) is 96.1 cm³/mol. The standard InChI is InChI=1S/C17H17ClN2O5S/c18-13-4-5-16(20-6-8-25-9-7-20)15(11-13)19-26(23,24)14-3-1-2-12(10-14)17(21)22/h1-5,10-11,19H,6-9H2,(H,21,22)/p-1. The first kappa shape index (κ1) is 18.5. The number of nitrogens with one attached hydrogen (secondary N) is 1. The van der Waals surface area contributed by atoms with Gasteiger partial charge in [0.25, 0.3) is 10.0 Å². The van der Waals surface area contributed by atoms with E-state index in [-0.39, 0.29) is 10.5 Å². The lowest BCUT2D eigenvalue weighted by atomic mass is 10.2. The highest BCUT2D eigenvalue weighted by Crippen LogP contribution is 2.31. The van der Waals surface area contributed by atoms with E-state index < -0.39 is 16.0 Å². The van der Waals surface area contributed by atoms with Gasteiger partial charge in [-0.15, -0.1) is 0 Å². The number of carbonyl (C=O) groups is 1. The van der Waals surface area contributed by atoms with Gasteiger partial charge in [0, 0.05) is 18.1 Å². The van der Waals surface area contributed by atoms with Gasteiger partial charge in [-0.3, -0.25) is 4.72 Å². The van der Waals surface area contributed by atoms with Gasteiger partial charge in [0.2, 0.25) is 0 Å². The normalized spacial score (nSPS) is 14.9. The number of nitrogens with zero attached hydrogens (tertiary/aromatic N) is 1. The molecule has 1 saturated heterocycles. The largest absolute Gasteiger partial charge is 0.545 e. The second-order valence-electron chi connectivity index (χ2n) is 5.68. The van der Waals surface area contributed by atoms with Crippen LogP contribution in [0.25, 0.3) is 0 Å². The second-order valence-corrected chi connectivity index (χ2v) is 7.80. The van der Waals surface area contributed by atoms with Gasteiger partial charge in [-0.25, -0.2) is 8.42 Å². The van der Waals surface area contributed by atoms with Crippen molar-refractivity contribution in [1.82, 2.24) is 0 Å². The Hall–Kier alpha value is -2.29. The van der Waals surface area contributed by atoms with Crippen LogP contribution in [0.1, 0.15) is 10.4 Å². The summed E-state index contributed by atoms with van der Waals surface area (Å²) in [6.07, 6.45) is 0. The van der Waals surface area contributed by atoms with Gasteiger partial charge in [-0.1, -0.05) is 23.7 Å². The fourth-order valence-corrected chi connectivity index (χ4v) is 3.95. The average Bonchev–Trinajstić information content (AvgIpc) is 2.62. The van der Waals surface area contributed by atoms with Gasteiger partial charge in [0.1, 0.15) is 0 Å². The Morgan fingerprint density at radius 1 is 1.15 bits per heavy atom. The Balaban J connectivity index is 1.95. The third kappa shape index (κ3) is 4.09. The van der Waals surface area contributed by atoms with Crippen molar-refractivity contribution in [2.45, 2.75) is 4.90 Å². The van der Waals surface area contributed by atoms with Crippen molar-refractivity contribution in [2.24, 2.45) is 0 Å². The zero-order valence-electron chi connectivity index (χ0n) is 13.6. The van der Waals surface area contributed by atoms with Gasteiger partial charge < -0.3 is 19.5 Å². The van der Waals surface area contributed by atoms with Crippen LogP contribution in [0, 0.1) is 0 Å². The smallest absolute Gasteiger partial charge is 0.261 e. The van der Waals surface area contributed by atoms with E-state index >= 15 is 0 Å². The molecule has 0 radical (unpaired) electrons. The molecule has 7 nitrogen and oxygen atoms in total. The lowest BCUT2D eigenvalue weighted by Crippen LogP contribution is -2.36. The van der Waals surface area contributed by atoms with E-state index in [1.54, 1.807) is 12.1 Å². The minimum absolute atomic E-state index is 0.174. The first-order valence-corrected chi connectivity index (χ1v) is 9.69. The van der Waals surface area contributed by atoms with Gasteiger partial charge >= 0.3 is 0 Å². The van der Waals surface area contributed by atoms with E-state index in [9.17, 15) is 18.3 Å². The van der Waals surface area contributed by atoms with Crippen LogP contribution < -0.4 is 14.7 Å². The van der Waals surface area contributed by atoms with Crippen LogP contribution in [0.2, 0.25) is 5.02 Å². The van der Waals surface area contributed by atoms with Crippen molar-refractivity contribution in [3.63, 3.8) is 0 Å². The number of halogens is 1. The third-order valence-electron chi connectivity index (χ3n) is 3.93. The molecule has 0 aromatic heterocycles. The van der Waals surface area contributed by atoms with E-state index in [1.807, 2.05) is 4.90 Å². The minimum atomic E-state index is -4.00. The Labute approximate surface area is 156 Å². The van der Waals surface area contributed by atoms with Gasteiger partial charge in [-0.2, -0.15) is 0 Å². The maximum absolute atomic E-state index is 12.7. The lowest BCUT2D eigenvalue weighted by molar-refractivity contribution is -0.255. The molecule has 1 heterocycles. The SMILES string of the molecule is O=C([O-])c1cccc(S(=O)(=O)Nc2cc(Cl)ccc2N2CCOCC2)c1. The molecule has 138 valence electrons. The fourth-order valence-electron chi connectivity index (χ4n) is 2.66. The highest BCUT2D eigenvalue weighted by molar-refractivity contribution is 7.92. The summed E-state index contributed by atoms with van der Waals surface area (Å²) in [7, 11) is -4.00. The van der Waals surface area contributed by atoms with Crippen LogP contribution in [0.3, 0.4) is 0 Å². The van der Waals surface area contributed by atoms with Crippen molar-refractivity contribution in [3.05, 3.63) is 53.1 Å². The van der Waals surface area contributed by atoms with Crippen LogP contribution in [0.5, 0.6) is 0 Å². The van der Waals surface area contributed by atoms with E-state index in [1.165, 1.54) is 24.3 Å². The Morgan fingerprint density at radius 2 is 1.88 bits per heavy atom. The Bertz CT molecular complexity index is 927. The molecular weight excluding hydrogens is 380 g/mol. The number of carbonyl (C=O) groups excluding carboxylic acids is 1. The molecule has 9 heteroatoms. The molecule has 1 fully saturated rings. The number of ether oxygens (including phenoxy) is 1. The van der Waals surface area contributed by atoms with Gasteiger partial charge in [0.15, 0.2) is 0 Å². The highest BCUT2D eigenvalue weighted by Gasteiger charge is 2.20. The summed E-state index contributed by atoms with van der Waals surface area (Å²) in [6.45, 7) is 2.33. The van der Waals surface area contributed by atoms with Crippen molar-refractivity contribution in [3.8, 4) is 0 Å². The minimum Gasteiger partial charge on any atom is -0.545 e. The number of benzene rings is 2. The number of hydrogen-bond acceptors (Lipinski definition) is 6. The monoisotopic (exact) mass is 395 g/mol.